The van der Waals surface area contributed by atoms with E-state index in [1.807, 2.05) is 60.8 Å². The van der Waals surface area contributed by atoms with Crippen LogP contribution in [0, 0.1) is 0 Å². The van der Waals surface area contributed by atoms with Gasteiger partial charge in [0.05, 0.1) is 6.04 Å². The van der Waals surface area contributed by atoms with Crippen molar-refractivity contribution in [1.29, 1.82) is 0 Å². The third kappa shape index (κ3) is 3.45. The molecule has 130 valence electrons. The van der Waals surface area contributed by atoms with Gasteiger partial charge in [0.15, 0.2) is 0 Å². The Hall–Kier alpha value is -3.14. The first-order chi connectivity index (χ1) is 12.8. The van der Waals surface area contributed by atoms with Crippen LogP contribution in [0.25, 0.3) is 0 Å². The first-order valence-corrected chi connectivity index (χ1v) is 8.90. The molecule has 0 unspecified atom stereocenters. The lowest BCUT2D eigenvalue weighted by Crippen LogP contribution is -2.37. The molecule has 1 aliphatic rings. The molecule has 1 fully saturated rings. The van der Waals surface area contributed by atoms with Crippen LogP contribution < -0.4 is 10.2 Å². The molecule has 2 aromatic carbocycles. The van der Waals surface area contributed by atoms with Gasteiger partial charge in [-0.25, -0.2) is 4.98 Å². The topological polar surface area (TPSA) is 45.2 Å². The van der Waals surface area contributed by atoms with Crippen molar-refractivity contribution in [2.75, 3.05) is 11.4 Å². The quantitative estimate of drug-likeness (QED) is 0.783. The molecular weight excluding hydrogens is 322 g/mol. The van der Waals surface area contributed by atoms with Crippen LogP contribution in [0.3, 0.4) is 0 Å². The third-order valence-electron chi connectivity index (χ3n) is 4.80. The second kappa shape index (κ2) is 7.40. The second-order valence-corrected chi connectivity index (χ2v) is 6.54. The van der Waals surface area contributed by atoms with Crippen LogP contribution in [0.15, 0.2) is 85.1 Å². The SMILES string of the molecule is O=C(N[C@H]1C[C@H](c2ccccc2)N(c2ccccn2)C1)c1ccccc1. The number of nitrogens with one attached hydrogen (secondary N) is 1. The Labute approximate surface area is 153 Å². The van der Waals surface area contributed by atoms with E-state index in [4.69, 9.17) is 0 Å². The molecule has 2 atom stereocenters. The second-order valence-electron chi connectivity index (χ2n) is 6.54. The molecule has 0 aliphatic carbocycles. The Morgan fingerprint density at radius 3 is 2.31 bits per heavy atom. The summed E-state index contributed by atoms with van der Waals surface area (Å²) in [5.41, 5.74) is 1.94. The molecule has 1 saturated heterocycles. The molecule has 1 amide bonds. The van der Waals surface area contributed by atoms with Crippen molar-refractivity contribution >= 4 is 11.7 Å². The van der Waals surface area contributed by atoms with E-state index >= 15 is 0 Å². The fraction of sp³-hybridized carbons (Fsp3) is 0.182. The highest BCUT2D eigenvalue weighted by Crippen LogP contribution is 2.35. The number of amides is 1. The summed E-state index contributed by atoms with van der Waals surface area (Å²) in [6, 6.07) is 26.0. The highest BCUT2D eigenvalue weighted by molar-refractivity contribution is 5.94. The predicted molar refractivity (Wildman–Crippen MR) is 103 cm³/mol. The standard InChI is InChI=1S/C22H21N3O/c26-22(18-11-5-2-6-12-18)24-19-15-20(17-9-3-1-4-10-17)25(16-19)21-13-7-8-14-23-21/h1-14,19-20H,15-16H2,(H,24,26)/t19-,20+/m0/s1. The first-order valence-electron chi connectivity index (χ1n) is 8.90. The number of hydrogen-bond acceptors (Lipinski definition) is 3. The van der Waals surface area contributed by atoms with Gasteiger partial charge in [-0.3, -0.25) is 4.79 Å². The number of hydrogen-bond donors (Lipinski definition) is 1. The van der Waals surface area contributed by atoms with Gasteiger partial charge in [0.25, 0.3) is 5.91 Å². The summed E-state index contributed by atoms with van der Waals surface area (Å²) < 4.78 is 0. The smallest absolute Gasteiger partial charge is 0.251 e. The number of aromatic nitrogens is 1. The van der Waals surface area contributed by atoms with Crippen LogP contribution in [-0.4, -0.2) is 23.5 Å². The molecule has 1 aromatic heterocycles. The maximum Gasteiger partial charge on any atom is 0.251 e. The fourth-order valence-corrected chi connectivity index (χ4v) is 3.57. The van der Waals surface area contributed by atoms with Crippen molar-refractivity contribution in [3.8, 4) is 0 Å². The molecule has 3 aromatic rings. The fourth-order valence-electron chi connectivity index (χ4n) is 3.57. The zero-order chi connectivity index (χ0) is 17.8. The van der Waals surface area contributed by atoms with Crippen molar-refractivity contribution in [2.24, 2.45) is 0 Å². The number of anilines is 1. The van der Waals surface area contributed by atoms with Crippen molar-refractivity contribution in [3.63, 3.8) is 0 Å². The van der Waals surface area contributed by atoms with E-state index in [9.17, 15) is 4.79 Å². The highest BCUT2D eigenvalue weighted by Gasteiger charge is 2.34. The highest BCUT2D eigenvalue weighted by atomic mass is 16.1. The molecule has 0 spiro atoms. The van der Waals surface area contributed by atoms with Gasteiger partial charge in [-0.05, 0) is 36.2 Å². The molecule has 26 heavy (non-hydrogen) atoms. The molecule has 0 bridgehead atoms. The molecule has 0 saturated carbocycles. The zero-order valence-electron chi connectivity index (χ0n) is 14.5. The largest absolute Gasteiger partial charge is 0.347 e. The summed E-state index contributed by atoms with van der Waals surface area (Å²) in [4.78, 5) is 19.3. The Morgan fingerprint density at radius 1 is 0.923 bits per heavy atom. The van der Waals surface area contributed by atoms with Crippen LogP contribution in [0.4, 0.5) is 5.82 Å². The molecular formula is C22H21N3O. The van der Waals surface area contributed by atoms with Crippen molar-refractivity contribution in [1.82, 2.24) is 10.3 Å². The van der Waals surface area contributed by atoms with E-state index in [0.717, 1.165) is 18.8 Å². The van der Waals surface area contributed by atoms with Crippen LogP contribution in [0.1, 0.15) is 28.4 Å². The first kappa shape index (κ1) is 16.3. The molecule has 1 N–H and O–H groups in total. The van der Waals surface area contributed by atoms with E-state index in [2.05, 4.69) is 39.5 Å². The number of pyridine rings is 1. The Morgan fingerprint density at radius 2 is 1.62 bits per heavy atom. The third-order valence-corrected chi connectivity index (χ3v) is 4.80. The molecule has 4 heteroatoms. The van der Waals surface area contributed by atoms with Crippen molar-refractivity contribution < 1.29 is 4.79 Å². The lowest BCUT2D eigenvalue weighted by Gasteiger charge is -2.25. The van der Waals surface area contributed by atoms with E-state index in [1.54, 1.807) is 0 Å². The lowest BCUT2D eigenvalue weighted by atomic mass is 10.0. The van der Waals surface area contributed by atoms with Gasteiger partial charge in [0.2, 0.25) is 0 Å². The van der Waals surface area contributed by atoms with Gasteiger partial charge in [-0.15, -0.1) is 0 Å². The predicted octanol–water partition coefficient (Wildman–Crippen LogP) is 3.83. The van der Waals surface area contributed by atoms with Crippen molar-refractivity contribution in [3.05, 3.63) is 96.2 Å². The van der Waals surface area contributed by atoms with Crippen LogP contribution >= 0.6 is 0 Å². The number of nitrogens with zero attached hydrogens (tertiary/aromatic N) is 2. The average Bonchev–Trinajstić information content (AvgIpc) is 3.14. The van der Waals surface area contributed by atoms with Crippen LogP contribution in [0.2, 0.25) is 0 Å². The van der Waals surface area contributed by atoms with Crippen LogP contribution in [0.5, 0.6) is 0 Å². The molecule has 0 radical (unpaired) electrons. The minimum absolute atomic E-state index is 0.0229. The van der Waals surface area contributed by atoms with Gasteiger partial charge in [0.1, 0.15) is 5.82 Å². The number of carbonyl (C=O) groups excluding carboxylic acids is 1. The van der Waals surface area contributed by atoms with E-state index in [0.29, 0.717) is 5.56 Å². The zero-order valence-corrected chi connectivity index (χ0v) is 14.5. The van der Waals surface area contributed by atoms with E-state index < -0.39 is 0 Å². The Balaban J connectivity index is 1.56. The summed E-state index contributed by atoms with van der Waals surface area (Å²) >= 11 is 0. The summed E-state index contributed by atoms with van der Waals surface area (Å²) in [5.74, 6) is 0.920. The van der Waals surface area contributed by atoms with E-state index in [1.165, 1.54) is 5.56 Å². The monoisotopic (exact) mass is 343 g/mol. The molecule has 1 aliphatic heterocycles. The summed E-state index contributed by atoms with van der Waals surface area (Å²) in [7, 11) is 0. The summed E-state index contributed by atoms with van der Waals surface area (Å²) in [6.45, 7) is 0.745. The van der Waals surface area contributed by atoms with Gasteiger partial charge >= 0.3 is 0 Å². The van der Waals surface area contributed by atoms with Gasteiger partial charge in [-0.2, -0.15) is 0 Å². The minimum atomic E-state index is -0.0229. The summed E-state index contributed by atoms with van der Waals surface area (Å²) in [5, 5.41) is 3.19. The Bertz CT molecular complexity index is 805. The van der Waals surface area contributed by atoms with Gasteiger partial charge in [0, 0.05) is 24.3 Å². The molecule has 4 rings (SSSR count). The lowest BCUT2D eigenvalue weighted by molar-refractivity contribution is 0.0940. The minimum Gasteiger partial charge on any atom is -0.347 e. The normalized spacial score (nSPS) is 19.3. The summed E-state index contributed by atoms with van der Waals surface area (Å²) in [6.07, 6.45) is 2.67. The maximum absolute atomic E-state index is 12.5. The van der Waals surface area contributed by atoms with Gasteiger partial charge in [-0.1, -0.05) is 54.6 Å². The van der Waals surface area contributed by atoms with Crippen molar-refractivity contribution in [2.45, 2.75) is 18.5 Å². The molecule has 4 nitrogen and oxygen atoms in total. The molecule has 2 heterocycles. The van der Waals surface area contributed by atoms with Gasteiger partial charge < -0.3 is 10.2 Å². The average molecular weight is 343 g/mol. The van der Waals surface area contributed by atoms with E-state index in [-0.39, 0.29) is 18.0 Å². The maximum atomic E-state index is 12.5. The number of benzene rings is 2. The number of carbonyl (C=O) groups is 1. The van der Waals surface area contributed by atoms with Crippen LogP contribution in [-0.2, 0) is 0 Å². The Kier molecular flexibility index (Phi) is 4.65. The number of rotatable bonds is 4.